The van der Waals surface area contributed by atoms with Gasteiger partial charge in [-0.25, -0.2) is 9.97 Å². The van der Waals surface area contributed by atoms with Crippen molar-refractivity contribution in [3.8, 4) is 5.75 Å². The van der Waals surface area contributed by atoms with Gasteiger partial charge in [0.15, 0.2) is 0 Å². The molecular formula is C20H20N4O2. The Balaban J connectivity index is 1.71. The van der Waals surface area contributed by atoms with Crippen molar-refractivity contribution in [3.05, 3.63) is 71.7 Å². The first-order valence-electron chi connectivity index (χ1n) is 8.17. The van der Waals surface area contributed by atoms with E-state index in [1.807, 2.05) is 38.1 Å². The van der Waals surface area contributed by atoms with Crippen LogP contribution in [-0.2, 0) is 0 Å². The van der Waals surface area contributed by atoms with E-state index in [0.29, 0.717) is 17.3 Å². The molecule has 3 rings (SSSR count). The third-order valence-electron chi connectivity index (χ3n) is 3.95. The SMILES string of the molecule is COc1cccc(NC(=O)c2cnc(Nc3c(C)cccc3C)cn2)c1. The number of para-hydroxylation sites is 1. The summed E-state index contributed by atoms with van der Waals surface area (Å²) in [6.07, 6.45) is 3.00. The maximum Gasteiger partial charge on any atom is 0.275 e. The number of nitrogens with one attached hydrogen (secondary N) is 2. The lowest BCUT2D eigenvalue weighted by molar-refractivity contribution is 0.102. The zero-order valence-electron chi connectivity index (χ0n) is 14.9. The van der Waals surface area contributed by atoms with Crippen molar-refractivity contribution in [1.29, 1.82) is 0 Å². The number of anilines is 3. The van der Waals surface area contributed by atoms with Gasteiger partial charge in [-0.2, -0.15) is 0 Å². The Kier molecular flexibility index (Phi) is 5.12. The van der Waals surface area contributed by atoms with Gasteiger partial charge in [0.1, 0.15) is 17.3 Å². The molecule has 0 fully saturated rings. The lowest BCUT2D eigenvalue weighted by atomic mass is 10.1. The van der Waals surface area contributed by atoms with Gasteiger partial charge < -0.3 is 15.4 Å². The van der Waals surface area contributed by atoms with Crippen LogP contribution in [0.25, 0.3) is 0 Å². The highest BCUT2D eigenvalue weighted by molar-refractivity contribution is 6.02. The summed E-state index contributed by atoms with van der Waals surface area (Å²) in [5.41, 5.74) is 4.10. The zero-order valence-corrected chi connectivity index (χ0v) is 14.9. The summed E-state index contributed by atoms with van der Waals surface area (Å²) in [6, 6.07) is 13.2. The molecule has 3 aromatic rings. The molecule has 0 bridgehead atoms. The predicted molar refractivity (Wildman–Crippen MR) is 102 cm³/mol. The number of carbonyl (C=O) groups is 1. The maximum absolute atomic E-state index is 12.3. The van der Waals surface area contributed by atoms with E-state index in [4.69, 9.17) is 4.74 Å². The number of methoxy groups -OCH3 is 1. The summed E-state index contributed by atoms with van der Waals surface area (Å²) in [7, 11) is 1.58. The molecule has 1 aromatic heterocycles. The van der Waals surface area contributed by atoms with Crippen LogP contribution in [0.15, 0.2) is 54.9 Å². The second kappa shape index (κ2) is 7.65. The first-order chi connectivity index (χ1) is 12.6. The molecule has 0 saturated heterocycles. The molecule has 0 atom stereocenters. The second-order valence-electron chi connectivity index (χ2n) is 5.86. The minimum Gasteiger partial charge on any atom is -0.497 e. The molecule has 6 heteroatoms. The minimum absolute atomic E-state index is 0.236. The van der Waals surface area contributed by atoms with E-state index < -0.39 is 0 Å². The first-order valence-corrected chi connectivity index (χ1v) is 8.17. The third-order valence-corrected chi connectivity index (χ3v) is 3.95. The number of hydrogen-bond acceptors (Lipinski definition) is 5. The molecule has 0 aliphatic heterocycles. The highest BCUT2D eigenvalue weighted by Crippen LogP contribution is 2.23. The van der Waals surface area contributed by atoms with E-state index in [1.54, 1.807) is 31.5 Å². The van der Waals surface area contributed by atoms with Crippen molar-refractivity contribution in [2.75, 3.05) is 17.7 Å². The van der Waals surface area contributed by atoms with Crippen LogP contribution in [0.4, 0.5) is 17.2 Å². The Morgan fingerprint density at radius 2 is 1.73 bits per heavy atom. The fraction of sp³-hybridized carbons (Fsp3) is 0.150. The smallest absolute Gasteiger partial charge is 0.275 e. The molecule has 1 amide bonds. The number of aromatic nitrogens is 2. The molecule has 1 heterocycles. The topological polar surface area (TPSA) is 76.1 Å². The van der Waals surface area contributed by atoms with E-state index in [9.17, 15) is 4.79 Å². The molecular weight excluding hydrogens is 328 g/mol. The highest BCUT2D eigenvalue weighted by atomic mass is 16.5. The molecule has 2 N–H and O–H groups in total. The standard InChI is InChI=1S/C20H20N4O2/c1-13-6-4-7-14(2)19(13)24-18-12-21-17(11-22-18)20(25)23-15-8-5-9-16(10-15)26-3/h4-12H,1-3H3,(H,22,24)(H,23,25). The molecule has 6 nitrogen and oxygen atoms in total. The molecule has 0 aliphatic carbocycles. The van der Waals surface area contributed by atoms with Gasteiger partial charge >= 0.3 is 0 Å². The number of rotatable bonds is 5. The summed E-state index contributed by atoms with van der Waals surface area (Å²) in [5, 5.41) is 6.03. The van der Waals surface area contributed by atoms with Crippen LogP contribution in [0, 0.1) is 13.8 Å². The van der Waals surface area contributed by atoms with Crippen LogP contribution in [0.1, 0.15) is 21.6 Å². The predicted octanol–water partition coefficient (Wildman–Crippen LogP) is 4.10. The number of amides is 1. The van der Waals surface area contributed by atoms with Crippen molar-refractivity contribution in [1.82, 2.24) is 9.97 Å². The number of ether oxygens (including phenoxy) is 1. The van der Waals surface area contributed by atoms with Gasteiger partial charge in [-0.1, -0.05) is 24.3 Å². The Labute approximate surface area is 152 Å². The number of benzene rings is 2. The maximum atomic E-state index is 12.3. The molecule has 2 aromatic carbocycles. The fourth-order valence-electron chi connectivity index (χ4n) is 2.55. The van der Waals surface area contributed by atoms with Gasteiger partial charge in [0.05, 0.1) is 19.5 Å². The van der Waals surface area contributed by atoms with Crippen LogP contribution in [0.2, 0.25) is 0 Å². The summed E-state index contributed by atoms with van der Waals surface area (Å²) < 4.78 is 5.15. The minimum atomic E-state index is -0.329. The van der Waals surface area contributed by atoms with E-state index in [1.165, 1.54) is 6.20 Å². The number of nitrogens with zero attached hydrogens (tertiary/aromatic N) is 2. The molecule has 0 aliphatic rings. The van der Waals surface area contributed by atoms with Gasteiger partial charge in [0, 0.05) is 17.4 Å². The molecule has 26 heavy (non-hydrogen) atoms. The van der Waals surface area contributed by atoms with Gasteiger partial charge in [0.2, 0.25) is 0 Å². The largest absolute Gasteiger partial charge is 0.497 e. The average Bonchev–Trinajstić information content (AvgIpc) is 2.65. The monoisotopic (exact) mass is 348 g/mol. The van der Waals surface area contributed by atoms with Crippen molar-refractivity contribution in [3.63, 3.8) is 0 Å². The molecule has 0 radical (unpaired) electrons. The van der Waals surface area contributed by atoms with Gasteiger partial charge in [-0.3, -0.25) is 4.79 Å². The lowest BCUT2D eigenvalue weighted by Crippen LogP contribution is -2.14. The lowest BCUT2D eigenvalue weighted by Gasteiger charge is -2.12. The van der Waals surface area contributed by atoms with E-state index >= 15 is 0 Å². The van der Waals surface area contributed by atoms with Gasteiger partial charge in [-0.05, 0) is 37.1 Å². The zero-order chi connectivity index (χ0) is 18.5. The Hall–Kier alpha value is -3.41. The third kappa shape index (κ3) is 3.97. The van der Waals surface area contributed by atoms with Crippen LogP contribution < -0.4 is 15.4 Å². The van der Waals surface area contributed by atoms with Gasteiger partial charge in [0.25, 0.3) is 5.91 Å². The summed E-state index contributed by atoms with van der Waals surface area (Å²) in [6.45, 7) is 4.05. The summed E-state index contributed by atoms with van der Waals surface area (Å²) in [4.78, 5) is 20.8. The Morgan fingerprint density at radius 3 is 2.38 bits per heavy atom. The van der Waals surface area contributed by atoms with E-state index in [0.717, 1.165) is 16.8 Å². The van der Waals surface area contributed by atoms with E-state index in [-0.39, 0.29) is 11.6 Å². The van der Waals surface area contributed by atoms with Crippen molar-refractivity contribution in [2.24, 2.45) is 0 Å². The Morgan fingerprint density at radius 1 is 1.00 bits per heavy atom. The van der Waals surface area contributed by atoms with Crippen molar-refractivity contribution >= 4 is 23.1 Å². The highest BCUT2D eigenvalue weighted by Gasteiger charge is 2.10. The van der Waals surface area contributed by atoms with Gasteiger partial charge in [-0.15, -0.1) is 0 Å². The van der Waals surface area contributed by atoms with Crippen molar-refractivity contribution in [2.45, 2.75) is 13.8 Å². The van der Waals surface area contributed by atoms with Crippen LogP contribution in [0.3, 0.4) is 0 Å². The number of aryl methyl sites for hydroxylation is 2. The molecule has 0 unspecified atom stereocenters. The Bertz CT molecular complexity index is 903. The quantitative estimate of drug-likeness (QED) is 0.726. The average molecular weight is 348 g/mol. The number of hydrogen-bond donors (Lipinski definition) is 2. The molecule has 0 saturated carbocycles. The molecule has 0 spiro atoms. The van der Waals surface area contributed by atoms with Crippen LogP contribution >= 0.6 is 0 Å². The summed E-state index contributed by atoms with van der Waals surface area (Å²) in [5.74, 6) is 0.923. The molecule has 132 valence electrons. The fourth-order valence-corrected chi connectivity index (χ4v) is 2.55. The van der Waals surface area contributed by atoms with Crippen molar-refractivity contribution < 1.29 is 9.53 Å². The van der Waals surface area contributed by atoms with Crippen LogP contribution in [0.5, 0.6) is 5.75 Å². The first kappa shape index (κ1) is 17.4. The van der Waals surface area contributed by atoms with Crippen LogP contribution in [-0.4, -0.2) is 23.0 Å². The summed E-state index contributed by atoms with van der Waals surface area (Å²) >= 11 is 0. The number of carbonyl (C=O) groups excluding carboxylic acids is 1. The normalized spacial score (nSPS) is 10.3. The van der Waals surface area contributed by atoms with E-state index in [2.05, 4.69) is 20.6 Å². The second-order valence-corrected chi connectivity index (χ2v) is 5.86.